The molecule has 0 fully saturated rings. The van der Waals surface area contributed by atoms with Crippen molar-refractivity contribution in [3.63, 3.8) is 0 Å². The molecule has 0 saturated heterocycles. The molecule has 1 N–H and O–H groups in total. The minimum atomic E-state index is -0.489. The summed E-state index contributed by atoms with van der Waals surface area (Å²) in [6, 6.07) is 5.71. The van der Waals surface area contributed by atoms with Crippen LogP contribution in [0.5, 0.6) is 5.75 Å². The van der Waals surface area contributed by atoms with Crippen molar-refractivity contribution >= 4 is 0 Å². The fourth-order valence-corrected chi connectivity index (χ4v) is 1.92. The van der Waals surface area contributed by atoms with Crippen molar-refractivity contribution in [1.82, 2.24) is 0 Å². The standard InChI is InChI=1S/C17H28O4/c1-4-6-9-19-10-11-20-13-16-12-15(14(3)18)7-8-17(16)21-5-2/h7-8,12,14,18H,4-6,9-11,13H2,1-3H3. The summed E-state index contributed by atoms with van der Waals surface area (Å²) in [5.41, 5.74) is 1.83. The molecule has 0 aliphatic carbocycles. The molecule has 0 heterocycles. The van der Waals surface area contributed by atoms with E-state index < -0.39 is 6.10 Å². The van der Waals surface area contributed by atoms with E-state index in [1.165, 1.54) is 0 Å². The molecule has 1 unspecified atom stereocenters. The average Bonchev–Trinajstić information content (AvgIpc) is 2.47. The minimum absolute atomic E-state index is 0.465. The Morgan fingerprint density at radius 3 is 2.52 bits per heavy atom. The van der Waals surface area contributed by atoms with E-state index in [1.807, 2.05) is 25.1 Å². The van der Waals surface area contributed by atoms with Gasteiger partial charge in [-0.2, -0.15) is 0 Å². The van der Waals surface area contributed by atoms with Gasteiger partial charge >= 0.3 is 0 Å². The number of benzene rings is 1. The Morgan fingerprint density at radius 1 is 1.10 bits per heavy atom. The molecule has 0 aliphatic rings. The largest absolute Gasteiger partial charge is 0.494 e. The average molecular weight is 296 g/mol. The molecule has 1 aromatic rings. The van der Waals surface area contributed by atoms with Crippen LogP contribution in [0.1, 0.15) is 50.8 Å². The summed E-state index contributed by atoms with van der Waals surface area (Å²) in [4.78, 5) is 0. The van der Waals surface area contributed by atoms with Crippen LogP contribution in [0.3, 0.4) is 0 Å². The summed E-state index contributed by atoms with van der Waals surface area (Å²) < 4.78 is 16.7. The molecule has 0 spiro atoms. The quantitative estimate of drug-likeness (QED) is 0.635. The lowest BCUT2D eigenvalue weighted by molar-refractivity contribution is 0.0388. The SMILES string of the molecule is CCCCOCCOCc1cc(C(C)O)ccc1OCC. The summed E-state index contributed by atoms with van der Waals surface area (Å²) in [7, 11) is 0. The molecule has 0 amide bonds. The van der Waals surface area contributed by atoms with Crippen LogP contribution in [-0.4, -0.2) is 31.5 Å². The molecule has 4 nitrogen and oxygen atoms in total. The van der Waals surface area contributed by atoms with Crippen molar-refractivity contribution in [2.75, 3.05) is 26.4 Å². The zero-order chi connectivity index (χ0) is 15.5. The first kappa shape index (κ1) is 18.0. The monoisotopic (exact) mass is 296 g/mol. The number of aliphatic hydroxyl groups excluding tert-OH is 1. The molecular formula is C17H28O4. The Morgan fingerprint density at radius 2 is 1.86 bits per heavy atom. The first-order valence-electron chi connectivity index (χ1n) is 7.78. The predicted octanol–water partition coefficient (Wildman–Crippen LogP) is 3.47. The second kappa shape index (κ2) is 10.6. The van der Waals surface area contributed by atoms with Crippen LogP contribution in [0.4, 0.5) is 0 Å². The highest BCUT2D eigenvalue weighted by atomic mass is 16.5. The van der Waals surface area contributed by atoms with Gasteiger partial charge in [-0.1, -0.05) is 19.4 Å². The van der Waals surface area contributed by atoms with E-state index in [0.717, 1.165) is 36.3 Å². The van der Waals surface area contributed by atoms with E-state index in [0.29, 0.717) is 26.4 Å². The van der Waals surface area contributed by atoms with Crippen LogP contribution >= 0.6 is 0 Å². The highest BCUT2D eigenvalue weighted by Crippen LogP contribution is 2.24. The second-order valence-corrected chi connectivity index (χ2v) is 4.99. The van der Waals surface area contributed by atoms with Crippen molar-refractivity contribution < 1.29 is 19.3 Å². The molecule has 0 saturated carbocycles. The summed E-state index contributed by atoms with van der Waals surface area (Å²) in [5, 5.41) is 9.66. The zero-order valence-electron chi connectivity index (χ0n) is 13.4. The van der Waals surface area contributed by atoms with Gasteiger partial charge in [-0.15, -0.1) is 0 Å². The lowest BCUT2D eigenvalue weighted by Crippen LogP contribution is -2.07. The summed E-state index contributed by atoms with van der Waals surface area (Å²) in [6.07, 6.45) is 1.74. The van der Waals surface area contributed by atoms with Gasteiger partial charge in [0.2, 0.25) is 0 Å². The third-order valence-electron chi connectivity index (χ3n) is 3.14. The van der Waals surface area contributed by atoms with Gasteiger partial charge in [0.05, 0.1) is 32.5 Å². The maximum atomic E-state index is 9.66. The number of hydrogen-bond acceptors (Lipinski definition) is 4. The van der Waals surface area contributed by atoms with Crippen LogP contribution in [0.15, 0.2) is 18.2 Å². The minimum Gasteiger partial charge on any atom is -0.494 e. The molecule has 1 aromatic carbocycles. The van der Waals surface area contributed by atoms with Crippen LogP contribution in [0.25, 0.3) is 0 Å². The van der Waals surface area contributed by atoms with E-state index in [2.05, 4.69) is 6.92 Å². The smallest absolute Gasteiger partial charge is 0.124 e. The van der Waals surface area contributed by atoms with Gasteiger partial charge in [0.15, 0.2) is 0 Å². The highest BCUT2D eigenvalue weighted by Gasteiger charge is 2.08. The molecule has 1 atom stereocenters. The number of ether oxygens (including phenoxy) is 3. The fourth-order valence-electron chi connectivity index (χ4n) is 1.92. The molecule has 0 aliphatic heterocycles. The molecule has 21 heavy (non-hydrogen) atoms. The Hall–Kier alpha value is -1.10. The van der Waals surface area contributed by atoms with Gasteiger partial charge in [0.1, 0.15) is 5.75 Å². The van der Waals surface area contributed by atoms with Gasteiger partial charge < -0.3 is 19.3 Å². The normalized spacial score (nSPS) is 12.4. The third kappa shape index (κ3) is 6.93. The van der Waals surface area contributed by atoms with E-state index >= 15 is 0 Å². The summed E-state index contributed by atoms with van der Waals surface area (Å²) >= 11 is 0. The van der Waals surface area contributed by atoms with Gasteiger partial charge in [-0.3, -0.25) is 0 Å². The van der Waals surface area contributed by atoms with Crippen molar-refractivity contribution in [1.29, 1.82) is 0 Å². The Bertz CT molecular complexity index is 390. The van der Waals surface area contributed by atoms with Gasteiger partial charge in [-0.25, -0.2) is 0 Å². The molecular weight excluding hydrogens is 268 g/mol. The number of rotatable bonds is 11. The van der Waals surface area contributed by atoms with E-state index in [9.17, 15) is 5.11 Å². The zero-order valence-corrected chi connectivity index (χ0v) is 13.4. The molecule has 1 rings (SSSR count). The molecule has 120 valence electrons. The summed E-state index contributed by atoms with van der Waals surface area (Å²) in [5.74, 6) is 0.814. The highest BCUT2D eigenvalue weighted by molar-refractivity contribution is 5.37. The van der Waals surface area contributed by atoms with Crippen molar-refractivity contribution in [3.8, 4) is 5.75 Å². The lowest BCUT2D eigenvalue weighted by Gasteiger charge is -2.14. The van der Waals surface area contributed by atoms with E-state index in [4.69, 9.17) is 14.2 Å². The topological polar surface area (TPSA) is 47.9 Å². The predicted molar refractivity (Wildman–Crippen MR) is 83.6 cm³/mol. The van der Waals surface area contributed by atoms with Crippen LogP contribution < -0.4 is 4.74 Å². The molecule has 4 heteroatoms. The number of aliphatic hydroxyl groups is 1. The Kier molecular flexibility index (Phi) is 9.06. The van der Waals surface area contributed by atoms with Crippen LogP contribution in [-0.2, 0) is 16.1 Å². The first-order valence-corrected chi connectivity index (χ1v) is 7.78. The van der Waals surface area contributed by atoms with Crippen LogP contribution in [0.2, 0.25) is 0 Å². The van der Waals surface area contributed by atoms with Gasteiger partial charge in [0, 0.05) is 12.2 Å². The number of hydrogen-bond donors (Lipinski definition) is 1. The number of unbranched alkanes of at least 4 members (excludes halogenated alkanes) is 1. The molecule has 0 radical (unpaired) electrons. The molecule has 0 bridgehead atoms. The van der Waals surface area contributed by atoms with Gasteiger partial charge in [0.25, 0.3) is 0 Å². The maximum absolute atomic E-state index is 9.66. The maximum Gasteiger partial charge on any atom is 0.124 e. The fraction of sp³-hybridized carbons (Fsp3) is 0.647. The second-order valence-electron chi connectivity index (χ2n) is 4.99. The van der Waals surface area contributed by atoms with E-state index in [1.54, 1.807) is 6.92 Å². The lowest BCUT2D eigenvalue weighted by atomic mass is 10.1. The Balaban J connectivity index is 2.45. The van der Waals surface area contributed by atoms with Crippen LogP contribution in [0, 0.1) is 0 Å². The van der Waals surface area contributed by atoms with E-state index in [-0.39, 0.29) is 0 Å². The van der Waals surface area contributed by atoms with Gasteiger partial charge in [-0.05, 0) is 38.0 Å². The van der Waals surface area contributed by atoms with Crippen molar-refractivity contribution in [2.45, 2.75) is 46.3 Å². The van der Waals surface area contributed by atoms with Crippen molar-refractivity contribution in [3.05, 3.63) is 29.3 Å². The van der Waals surface area contributed by atoms with Crippen molar-refractivity contribution in [2.24, 2.45) is 0 Å². The Labute approximate surface area is 128 Å². The third-order valence-corrected chi connectivity index (χ3v) is 3.14. The molecule has 0 aromatic heterocycles. The summed E-state index contributed by atoms with van der Waals surface area (Å²) in [6.45, 7) is 8.89. The first-order chi connectivity index (χ1) is 10.2.